The number of nitrogens with zero attached hydrogens (tertiary/aromatic N) is 2. The van der Waals surface area contributed by atoms with Gasteiger partial charge in [0.1, 0.15) is 0 Å². The van der Waals surface area contributed by atoms with Crippen molar-refractivity contribution in [2.24, 2.45) is 0 Å². The molecule has 0 unspecified atom stereocenters. The molecular formula is C24H18N4O3. The molecule has 0 spiro atoms. The highest BCUT2D eigenvalue weighted by Gasteiger charge is 2.28. The molecule has 7 nitrogen and oxygen atoms in total. The fourth-order valence-corrected chi connectivity index (χ4v) is 3.85. The van der Waals surface area contributed by atoms with E-state index in [1.54, 1.807) is 24.4 Å². The van der Waals surface area contributed by atoms with Crippen LogP contribution in [0.15, 0.2) is 72.9 Å². The summed E-state index contributed by atoms with van der Waals surface area (Å²) in [6.07, 6.45) is 1.67. The molecule has 152 valence electrons. The SMILES string of the molecule is O=C(Nc1cccc(CN2C(=O)CNC2=O)c1)c1cc2ccccc2c2cccnc12. The summed E-state index contributed by atoms with van der Waals surface area (Å²) in [6, 6.07) is 20.2. The predicted molar refractivity (Wildman–Crippen MR) is 118 cm³/mol. The number of rotatable bonds is 4. The van der Waals surface area contributed by atoms with Crippen LogP contribution in [0.5, 0.6) is 0 Å². The average Bonchev–Trinajstić information content (AvgIpc) is 3.11. The lowest BCUT2D eigenvalue weighted by Crippen LogP contribution is -2.30. The zero-order chi connectivity index (χ0) is 21.4. The van der Waals surface area contributed by atoms with Gasteiger partial charge >= 0.3 is 6.03 Å². The van der Waals surface area contributed by atoms with E-state index in [1.807, 2.05) is 48.5 Å². The van der Waals surface area contributed by atoms with Gasteiger partial charge in [-0.2, -0.15) is 0 Å². The first-order chi connectivity index (χ1) is 15.1. The fraction of sp³-hybridized carbons (Fsp3) is 0.0833. The predicted octanol–water partition coefficient (Wildman–Crippen LogP) is 3.69. The maximum absolute atomic E-state index is 13.2. The largest absolute Gasteiger partial charge is 0.329 e. The summed E-state index contributed by atoms with van der Waals surface area (Å²) in [6.45, 7) is 0.159. The second-order valence-corrected chi connectivity index (χ2v) is 7.34. The zero-order valence-corrected chi connectivity index (χ0v) is 16.5. The van der Waals surface area contributed by atoms with E-state index in [9.17, 15) is 14.4 Å². The number of carbonyl (C=O) groups excluding carboxylic acids is 3. The third-order valence-corrected chi connectivity index (χ3v) is 5.32. The van der Waals surface area contributed by atoms with Crippen molar-refractivity contribution in [3.8, 4) is 0 Å². The van der Waals surface area contributed by atoms with Crippen molar-refractivity contribution in [2.45, 2.75) is 6.54 Å². The summed E-state index contributed by atoms with van der Waals surface area (Å²) in [7, 11) is 0. The van der Waals surface area contributed by atoms with Crippen LogP contribution >= 0.6 is 0 Å². The van der Waals surface area contributed by atoms with Crippen LogP contribution in [0.3, 0.4) is 0 Å². The van der Waals surface area contributed by atoms with Crippen molar-refractivity contribution >= 4 is 45.2 Å². The lowest BCUT2D eigenvalue weighted by Gasteiger charge is -2.14. The normalized spacial score (nSPS) is 13.6. The summed E-state index contributed by atoms with van der Waals surface area (Å²) >= 11 is 0. The van der Waals surface area contributed by atoms with E-state index in [0.29, 0.717) is 16.8 Å². The summed E-state index contributed by atoms with van der Waals surface area (Å²) in [4.78, 5) is 42.4. The number of imide groups is 1. The number of carbonyl (C=O) groups is 3. The number of urea groups is 1. The van der Waals surface area contributed by atoms with Gasteiger partial charge in [-0.15, -0.1) is 0 Å². The minimum Gasteiger partial charge on any atom is -0.329 e. The van der Waals surface area contributed by atoms with Gasteiger partial charge in [0, 0.05) is 17.3 Å². The van der Waals surface area contributed by atoms with Crippen molar-refractivity contribution < 1.29 is 14.4 Å². The highest BCUT2D eigenvalue weighted by Crippen LogP contribution is 2.28. The van der Waals surface area contributed by atoms with Crippen LogP contribution in [0.25, 0.3) is 21.7 Å². The topological polar surface area (TPSA) is 91.4 Å². The van der Waals surface area contributed by atoms with Gasteiger partial charge in [-0.25, -0.2) is 4.79 Å². The number of amides is 4. The summed E-state index contributed by atoms with van der Waals surface area (Å²) < 4.78 is 0. The standard InChI is InChI=1S/C24H18N4O3/c29-21-13-26-24(31)28(21)14-15-5-3-7-17(11-15)27-23(30)20-12-16-6-1-2-8-18(16)19-9-4-10-25-22(19)20/h1-12H,13-14H2,(H,26,31)(H,27,30). The first kappa shape index (κ1) is 18.7. The lowest BCUT2D eigenvalue weighted by molar-refractivity contribution is -0.125. The van der Waals surface area contributed by atoms with Gasteiger partial charge in [-0.1, -0.05) is 42.5 Å². The van der Waals surface area contributed by atoms with Crippen molar-refractivity contribution in [2.75, 3.05) is 11.9 Å². The molecule has 1 aliphatic rings. The van der Waals surface area contributed by atoms with Crippen molar-refractivity contribution in [3.05, 3.63) is 84.1 Å². The zero-order valence-electron chi connectivity index (χ0n) is 16.5. The molecule has 2 N–H and O–H groups in total. The van der Waals surface area contributed by atoms with Crippen LogP contribution in [0.1, 0.15) is 15.9 Å². The van der Waals surface area contributed by atoms with Gasteiger partial charge in [0.2, 0.25) is 5.91 Å². The Morgan fingerprint density at radius 3 is 2.68 bits per heavy atom. The Morgan fingerprint density at radius 1 is 1.00 bits per heavy atom. The van der Waals surface area contributed by atoms with E-state index >= 15 is 0 Å². The molecule has 0 saturated carbocycles. The van der Waals surface area contributed by atoms with Gasteiger partial charge in [0.15, 0.2) is 0 Å². The number of benzene rings is 3. The third kappa shape index (κ3) is 3.46. The van der Waals surface area contributed by atoms with E-state index in [1.165, 1.54) is 0 Å². The second-order valence-electron chi connectivity index (χ2n) is 7.34. The molecule has 0 radical (unpaired) electrons. The van der Waals surface area contributed by atoms with Crippen LogP contribution in [-0.4, -0.2) is 34.3 Å². The monoisotopic (exact) mass is 410 g/mol. The first-order valence-corrected chi connectivity index (χ1v) is 9.85. The van der Waals surface area contributed by atoms with Crippen LogP contribution < -0.4 is 10.6 Å². The smallest absolute Gasteiger partial charge is 0.324 e. The molecule has 4 amide bonds. The van der Waals surface area contributed by atoms with E-state index in [4.69, 9.17) is 0 Å². The van der Waals surface area contributed by atoms with E-state index in [0.717, 1.165) is 26.6 Å². The second kappa shape index (κ2) is 7.53. The van der Waals surface area contributed by atoms with Crippen molar-refractivity contribution in [1.82, 2.24) is 15.2 Å². The summed E-state index contributed by atoms with van der Waals surface area (Å²) in [5.74, 6) is -0.547. The molecular weight excluding hydrogens is 392 g/mol. The first-order valence-electron chi connectivity index (χ1n) is 9.85. The highest BCUT2D eigenvalue weighted by atomic mass is 16.2. The molecule has 5 rings (SSSR count). The molecule has 2 heterocycles. The maximum Gasteiger partial charge on any atom is 0.324 e. The average molecular weight is 410 g/mol. The molecule has 1 fully saturated rings. The Balaban J connectivity index is 1.46. The Bertz CT molecular complexity index is 1350. The Labute approximate surface area is 177 Å². The third-order valence-electron chi connectivity index (χ3n) is 5.32. The van der Waals surface area contributed by atoms with E-state index in [2.05, 4.69) is 15.6 Å². The van der Waals surface area contributed by atoms with Gasteiger partial charge < -0.3 is 10.6 Å². The van der Waals surface area contributed by atoms with Gasteiger partial charge in [0.25, 0.3) is 5.91 Å². The number of fused-ring (bicyclic) bond motifs is 3. The van der Waals surface area contributed by atoms with Gasteiger partial charge in [0.05, 0.1) is 24.2 Å². The molecule has 31 heavy (non-hydrogen) atoms. The molecule has 1 saturated heterocycles. The Kier molecular flexibility index (Phi) is 4.55. The molecule has 7 heteroatoms. The van der Waals surface area contributed by atoms with Gasteiger partial charge in [-0.05, 0) is 40.6 Å². The van der Waals surface area contributed by atoms with Crippen LogP contribution in [0.4, 0.5) is 10.5 Å². The molecule has 4 aromatic rings. The fourth-order valence-electron chi connectivity index (χ4n) is 3.85. The van der Waals surface area contributed by atoms with Crippen LogP contribution in [0, 0.1) is 0 Å². The molecule has 3 aromatic carbocycles. The molecule has 1 aliphatic heterocycles. The van der Waals surface area contributed by atoms with Gasteiger partial charge in [-0.3, -0.25) is 19.5 Å². The molecule has 0 atom stereocenters. The van der Waals surface area contributed by atoms with Crippen LogP contribution in [-0.2, 0) is 11.3 Å². The minimum atomic E-state index is -0.409. The maximum atomic E-state index is 13.2. The number of pyridine rings is 1. The molecule has 0 bridgehead atoms. The van der Waals surface area contributed by atoms with E-state index in [-0.39, 0.29) is 24.9 Å². The number of hydrogen-bond acceptors (Lipinski definition) is 4. The number of aromatic nitrogens is 1. The quantitative estimate of drug-likeness (QED) is 0.397. The Hall–Kier alpha value is -4.26. The van der Waals surface area contributed by atoms with Crippen molar-refractivity contribution in [3.63, 3.8) is 0 Å². The minimum absolute atomic E-state index is 0.0112. The number of nitrogens with one attached hydrogen (secondary N) is 2. The lowest BCUT2D eigenvalue weighted by atomic mass is 10.0. The summed E-state index contributed by atoms with van der Waals surface area (Å²) in [5, 5.41) is 8.33. The van der Waals surface area contributed by atoms with Crippen molar-refractivity contribution in [1.29, 1.82) is 0 Å². The molecule has 0 aliphatic carbocycles. The number of hydrogen-bond donors (Lipinski definition) is 2. The highest BCUT2D eigenvalue weighted by molar-refractivity contribution is 6.18. The number of anilines is 1. The molecule has 1 aromatic heterocycles. The van der Waals surface area contributed by atoms with E-state index < -0.39 is 6.03 Å². The Morgan fingerprint density at radius 2 is 1.84 bits per heavy atom. The summed E-state index contributed by atoms with van der Waals surface area (Å²) in [5.41, 5.74) is 2.43. The van der Waals surface area contributed by atoms with Crippen LogP contribution in [0.2, 0.25) is 0 Å².